The van der Waals surface area contributed by atoms with Crippen molar-refractivity contribution in [3.05, 3.63) is 109 Å². The molecule has 0 radical (unpaired) electrons. The summed E-state index contributed by atoms with van der Waals surface area (Å²) in [5.74, 6) is 2.42. The van der Waals surface area contributed by atoms with Crippen LogP contribution in [0.2, 0.25) is 0 Å². The Hall–Kier alpha value is -4.03. The summed E-state index contributed by atoms with van der Waals surface area (Å²) in [5.41, 5.74) is 4.28. The normalized spacial score (nSPS) is 12.7. The molecule has 0 unspecified atom stereocenters. The van der Waals surface area contributed by atoms with Crippen molar-refractivity contribution in [1.29, 1.82) is 0 Å². The fraction of sp³-hybridized carbons (Fsp3) is 0.133. The number of ether oxygens (including phenoxy) is 1. The van der Waals surface area contributed by atoms with E-state index in [0.29, 0.717) is 0 Å². The van der Waals surface area contributed by atoms with E-state index >= 15 is 0 Å². The molecule has 0 saturated heterocycles. The van der Waals surface area contributed by atoms with E-state index in [2.05, 4.69) is 84.3 Å². The van der Waals surface area contributed by atoms with Crippen LogP contribution in [0.15, 0.2) is 113 Å². The first kappa shape index (κ1) is 22.4. The Bertz CT molecular complexity index is 1520. The topological polar surface area (TPSA) is 43.2 Å². The SMILES string of the molecule is CC(C)(C)c1cc(Oc2ccc3c(c2)N(c2ccccn2)c2ccccc2S3)cc(-n2cccn2)c1. The fourth-order valence-corrected chi connectivity index (χ4v) is 5.33. The van der Waals surface area contributed by atoms with E-state index < -0.39 is 0 Å². The zero-order chi connectivity index (χ0) is 24.7. The molecule has 0 atom stereocenters. The van der Waals surface area contributed by atoms with Gasteiger partial charge in [0.2, 0.25) is 0 Å². The van der Waals surface area contributed by atoms with Gasteiger partial charge in [-0.2, -0.15) is 5.10 Å². The van der Waals surface area contributed by atoms with Crippen LogP contribution in [-0.4, -0.2) is 14.8 Å². The van der Waals surface area contributed by atoms with Crippen LogP contribution in [0.1, 0.15) is 26.3 Å². The maximum atomic E-state index is 6.49. The second-order valence-corrected chi connectivity index (χ2v) is 10.8. The number of fused-ring (bicyclic) bond motifs is 2. The minimum Gasteiger partial charge on any atom is -0.457 e. The average Bonchev–Trinajstić information content (AvgIpc) is 3.42. The van der Waals surface area contributed by atoms with Crippen molar-refractivity contribution in [3.63, 3.8) is 0 Å². The molecule has 1 aliphatic rings. The van der Waals surface area contributed by atoms with Crippen LogP contribution >= 0.6 is 11.8 Å². The van der Waals surface area contributed by atoms with E-state index in [4.69, 9.17) is 4.74 Å². The molecule has 0 N–H and O–H groups in total. The summed E-state index contributed by atoms with van der Waals surface area (Å²) in [4.78, 5) is 9.22. The molecule has 0 amide bonds. The molecule has 6 rings (SSSR count). The highest BCUT2D eigenvalue weighted by Gasteiger charge is 2.26. The third-order valence-electron chi connectivity index (χ3n) is 6.14. The van der Waals surface area contributed by atoms with Crippen molar-refractivity contribution in [1.82, 2.24) is 14.8 Å². The molecule has 3 aromatic carbocycles. The Morgan fingerprint density at radius 2 is 1.58 bits per heavy atom. The van der Waals surface area contributed by atoms with Crippen LogP contribution in [0.4, 0.5) is 17.2 Å². The van der Waals surface area contributed by atoms with Crippen LogP contribution in [0.25, 0.3) is 5.69 Å². The van der Waals surface area contributed by atoms with E-state index in [0.717, 1.165) is 39.3 Å². The number of para-hydroxylation sites is 1. The summed E-state index contributed by atoms with van der Waals surface area (Å²) in [6.45, 7) is 6.62. The van der Waals surface area contributed by atoms with Crippen LogP contribution in [0.3, 0.4) is 0 Å². The molecule has 5 aromatic rings. The Kier molecular flexibility index (Phi) is 5.53. The molecule has 6 heteroatoms. The van der Waals surface area contributed by atoms with Gasteiger partial charge in [-0.3, -0.25) is 4.90 Å². The monoisotopic (exact) mass is 490 g/mol. The lowest BCUT2D eigenvalue weighted by molar-refractivity contribution is 0.477. The van der Waals surface area contributed by atoms with E-state index in [1.165, 1.54) is 10.5 Å². The Morgan fingerprint density at radius 3 is 2.36 bits per heavy atom. The number of rotatable bonds is 4. The van der Waals surface area contributed by atoms with Crippen LogP contribution in [0, 0.1) is 0 Å². The highest BCUT2D eigenvalue weighted by molar-refractivity contribution is 7.99. The van der Waals surface area contributed by atoms with Gasteiger partial charge in [0, 0.05) is 40.5 Å². The van der Waals surface area contributed by atoms with Crippen LogP contribution in [-0.2, 0) is 5.41 Å². The summed E-state index contributed by atoms with van der Waals surface area (Å²) in [6, 6.07) is 28.9. The van der Waals surface area contributed by atoms with Crippen molar-refractivity contribution in [2.45, 2.75) is 36.0 Å². The van der Waals surface area contributed by atoms with Gasteiger partial charge < -0.3 is 4.74 Å². The molecule has 0 bridgehead atoms. The van der Waals surface area contributed by atoms with Gasteiger partial charge in [-0.05, 0) is 65.6 Å². The van der Waals surface area contributed by atoms with Crippen LogP contribution < -0.4 is 9.64 Å². The smallest absolute Gasteiger partial charge is 0.137 e. The van der Waals surface area contributed by atoms with Gasteiger partial charge in [0.1, 0.15) is 17.3 Å². The van der Waals surface area contributed by atoms with Gasteiger partial charge >= 0.3 is 0 Å². The molecule has 36 heavy (non-hydrogen) atoms. The van der Waals surface area contributed by atoms with E-state index in [9.17, 15) is 0 Å². The molecular weight excluding hydrogens is 464 g/mol. The summed E-state index contributed by atoms with van der Waals surface area (Å²) in [7, 11) is 0. The first-order valence-corrected chi connectivity index (χ1v) is 12.7. The van der Waals surface area contributed by atoms with Gasteiger partial charge in [-0.15, -0.1) is 0 Å². The van der Waals surface area contributed by atoms with E-state index in [1.807, 2.05) is 53.5 Å². The van der Waals surface area contributed by atoms with Crippen LogP contribution in [0.5, 0.6) is 11.5 Å². The number of nitrogens with zero attached hydrogens (tertiary/aromatic N) is 4. The molecule has 2 aromatic heterocycles. The van der Waals surface area contributed by atoms with Crippen molar-refractivity contribution in [2.75, 3.05) is 4.90 Å². The average molecular weight is 491 g/mol. The zero-order valence-electron chi connectivity index (χ0n) is 20.4. The van der Waals surface area contributed by atoms with Gasteiger partial charge in [0.15, 0.2) is 0 Å². The minimum atomic E-state index is -0.0345. The summed E-state index contributed by atoms with van der Waals surface area (Å²) >= 11 is 1.77. The van der Waals surface area contributed by atoms with Crippen molar-refractivity contribution in [3.8, 4) is 17.2 Å². The lowest BCUT2D eigenvalue weighted by Gasteiger charge is -2.32. The number of anilines is 3. The fourth-order valence-electron chi connectivity index (χ4n) is 4.30. The molecular formula is C30H26N4OS. The minimum absolute atomic E-state index is 0.0345. The molecule has 5 nitrogen and oxygen atoms in total. The van der Waals surface area contributed by atoms with E-state index in [-0.39, 0.29) is 5.41 Å². The highest BCUT2D eigenvalue weighted by atomic mass is 32.2. The van der Waals surface area contributed by atoms with Crippen molar-refractivity contribution < 1.29 is 4.74 Å². The third-order valence-corrected chi connectivity index (χ3v) is 7.27. The second kappa shape index (κ2) is 8.88. The Labute approximate surface area is 215 Å². The van der Waals surface area contributed by atoms with Crippen molar-refractivity contribution >= 4 is 29.0 Å². The summed E-state index contributed by atoms with van der Waals surface area (Å²) in [5, 5.41) is 4.43. The standard InChI is InChI=1S/C30H26N4OS/c1-30(2,3)21-17-22(33-16-8-15-32-33)19-24(18-21)35-23-12-13-28-26(20-23)34(29-11-6-7-14-31-29)25-9-4-5-10-27(25)36-28/h4-20H,1-3H3. The predicted octanol–water partition coefficient (Wildman–Crippen LogP) is 8.29. The molecule has 0 fully saturated rings. The zero-order valence-corrected chi connectivity index (χ0v) is 21.2. The molecule has 0 saturated carbocycles. The first-order valence-electron chi connectivity index (χ1n) is 11.9. The molecule has 1 aliphatic heterocycles. The number of hydrogen-bond donors (Lipinski definition) is 0. The Balaban J connectivity index is 1.42. The quantitative estimate of drug-likeness (QED) is 0.249. The predicted molar refractivity (Wildman–Crippen MR) is 145 cm³/mol. The van der Waals surface area contributed by atoms with Crippen molar-refractivity contribution in [2.24, 2.45) is 0 Å². The largest absolute Gasteiger partial charge is 0.457 e. The molecule has 0 spiro atoms. The number of hydrogen-bond acceptors (Lipinski definition) is 5. The maximum Gasteiger partial charge on any atom is 0.137 e. The third kappa shape index (κ3) is 4.25. The lowest BCUT2D eigenvalue weighted by Crippen LogP contribution is -2.16. The van der Waals surface area contributed by atoms with Gasteiger partial charge in [0.25, 0.3) is 0 Å². The number of aromatic nitrogens is 3. The Morgan fingerprint density at radius 1 is 0.750 bits per heavy atom. The molecule has 178 valence electrons. The first-order chi connectivity index (χ1) is 17.5. The summed E-state index contributed by atoms with van der Waals surface area (Å²) < 4.78 is 8.36. The number of benzene rings is 3. The summed E-state index contributed by atoms with van der Waals surface area (Å²) in [6.07, 6.45) is 5.56. The molecule has 0 aliphatic carbocycles. The highest BCUT2D eigenvalue weighted by Crippen LogP contribution is 2.52. The lowest BCUT2D eigenvalue weighted by atomic mass is 9.86. The maximum absolute atomic E-state index is 6.49. The number of pyridine rings is 1. The van der Waals surface area contributed by atoms with Gasteiger partial charge in [0.05, 0.1) is 17.1 Å². The molecule has 3 heterocycles. The van der Waals surface area contributed by atoms with Gasteiger partial charge in [-0.25, -0.2) is 9.67 Å². The van der Waals surface area contributed by atoms with E-state index in [1.54, 1.807) is 18.0 Å². The van der Waals surface area contributed by atoms with Gasteiger partial charge in [-0.1, -0.05) is 50.7 Å². The second-order valence-electron chi connectivity index (χ2n) is 9.74.